The molecule has 0 radical (unpaired) electrons. The summed E-state index contributed by atoms with van der Waals surface area (Å²) < 4.78 is 51.4. The Kier molecular flexibility index (Phi) is 14.1. The SMILES string of the molecule is C.C.C=CCN(C)S(=O)(=O)c1ccc(N2CC[C@@H](O)C2=O)cc1.C=CCN(C)S(=O)(=O)c1ccc(N2CC[C@H](C)C2=O)cc1. The zero-order valence-corrected chi connectivity index (χ0v) is 25.7. The Morgan fingerprint density at radius 2 is 1.11 bits per heavy atom. The molecule has 44 heavy (non-hydrogen) atoms. The number of carbonyl (C=O) groups excluding carboxylic acids is 2. The second kappa shape index (κ2) is 16.1. The topological polar surface area (TPSA) is 136 Å². The Balaban J connectivity index is 0.000000421. The summed E-state index contributed by atoms with van der Waals surface area (Å²) in [5.74, 6) is -0.226. The Morgan fingerprint density at radius 1 is 0.750 bits per heavy atom. The normalized spacial score (nSPS) is 18.4. The number of aliphatic hydroxyl groups is 1. The van der Waals surface area contributed by atoms with Gasteiger partial charge in [-0.15, -0.1) is 13.2 Å². The Morgan fingerprint density at radius 3 is 1.41 bits per heavy atom. The van der Waals surface area contributed by atoms with Crippen LogP contribution in [0.1, 0.15) is 34.6 Å². The lowest BCUT2D eigenvalue weighted by atomic mass is 10.1. The third kappa shape index (κ3) is 8.42. The highest BCUT2D eigenvalue weighted by molar-refractivity contribution is 7.89. The van der Waals surface area contributed by atoms with Gasteiger partial charge < -0.3 is 14.9 Å². The third-order valence-electron chi connectivity index (χ3n) is 7.14. The van der Waals surface area contributed by atoms with E-state index >= 15 is 0 Å². The van der Waals surface area contributed by atoms with E-state index in [9.17, 15) is 31.5 Å². The summed E-state index contributed by atoms with van der Waals surface area (Å²) in [6.45, 7) is 10.6. The number of anilines is 2. The van der Waals surface area contributed by atoms with Gasteiger partial charge in [-0.05, 0) is 55.0 Å². The Bertz CT molecular complexity index is 1390. The van der Waals surface area contributed by atoms with Crippen LogP contribution in [0.2, 0.25) is 0 Å². The van der Waals surface area contributed by atoms with Gasteiger partial charge in [0.15, 0.2) is 0 Å². The summed E-state index contributed by atoms with van der Waals surface area (Å²) >= 11 is 0. The molecule has 1 N–H and O–H groups in total. The summed E-state index contributed by atoms with van der Waals surface area (Å²) in [4.78, 5) is 27.2. The molecule has 2 aromatic rings. The molecule has 2 atom stereocenters. The van der Waals surface area contributed by atoms with Gasteiger partial charge in [0.05, 0.1) is 9.79 Å². The Hall–Kier alpha value is -3.36. The standard InChI is InChI=1S/C15H20N2O3S.C14H18N2O4S.2CH4/c1-4-10-16(3)21(19,20)14-7-5-13(6-8-14)17-11-9-12(2)15(17)18;1-3-9-15(2)21(19,20)12-6-4-11(5-7-12)16-10-8-13(17)14(16)18;;/h4-8,12H,1,9-11H2,2-3H3;3-7,13,17H,1,8-10H2,2H3;2*1H4/t12-;13-;;/m01../s1. The molecule has 2 aliphatic heterocycles. The fourth-order valence-electron chi connectivity index (χ4n) is 4.52. The fourth-order valence-corrected chi connectivity index (χ4v) is 6.80. The van der Waals surface area contributed by atoms with Crippen molar-refractivity contribution in [2.24, 2.45) is 5.92 Å². The average molecular weight is 651 g/mol. The fraction of sp³-hybridized carbons (Fsp3) is 0.419. The van der Waals surface area contributed by atoms with Crippen molar-refractivity contribution in [1.82, 2.24) is 8.61 Å². The van der Waals surface area contributed by atoms with Crippen molar-refractivity contribution >= 4 is 43.2 Å². The molecule has 11 nitrogen and oxygen atoms in total. The van der Waals surface area contributed by atoms with Gasteiger partial charge in [-0.2, -0.15) is 8.61 Å². The van der Waals surface area contributed by atoms with E-state index in [1.54, 1.807) is 41.3 Å². The van der Waals surface area contributed by atoms with E-state index in [-0.39, 0.29) is 55.5 Å². The molecular formula is C31H46N4O7S2. The molecule has 0 aromatic heterocycles. The quantitative estimate of drug-likeness (QED) is 0.387. The van der Waals surface area contributed by atoms with Crippen LogP contribution >= 0.6 is 0 Å². The largest absolute Gasteiger partial charge is 0.383 e. The second-order valence-electron chi connectivity index (χ2n) is 10.1. The number of hydrogen-bond acceptors (Lipinski definition) is 7. The number of carbonyl (C=O) groups is 2. The number of amides is 2. The maximum absolute atomic E-state index is 12.3. The molecule has 0 aliphatic carbocycles. The van der Waals surface area contributed by atoms with Crippen LogP contribution < -0.4 is 9.80 Å². The molecule has 2 fully saturated rings. The van der Waals surface area contributed by atoms with E-state index in [4.69, 9.17) is 0 Å². The molecule has 13 heteroatoms. The van der Waals surface area contributed by atoms with Crippen molar-refractivity contribution in [3.8, 4) is 0 Å². The number of likely N-dealkylation sites (N-methyl/N-ethyl adjacent to an activating group) is 2. The summed E-state index contributed by atoms with van der Waals surface area (Å²) in [5.41, 5.74) is 1.33. The highest BCUT2D eigenvalue weighted by Crippen LogP contribution is 2.27. The van der Waals surface area contributed by atoms with Gasteiger partial charge in [0.1, 0.15) is 6.10 Å². The number of hydrogen-bond donors (Lipinski definition) is 1. The molecule has 2 amide bonds. The minimum absolute atomic E-state index is 0. The van der Waals surface area contributed by atoms with E-state index in [1.165, 1.54) is 51.9 Å². The number of sulfonamides is 2. The zero-order valence-electron chi connectivity index (χ0n) is 24.1. The molecule has 0 bridgehead atoms. The van der Waals surface area contributed by atoms with E-state index < -0.39 is 26.2 Å². The maximum Gasteiger partial charge on any atom is 0.255 e. The van der Waals surface area contributed by atoms with Crippen LogP contribution in [0.4, 0.5) is 11.4 Å². The number of rotatable bonds is 10. The molecule has 4 rings (SSSR count). The van der Waals surface area contributed by atoms with Crippen LogP contribution in [0, 0.1) is 5.92 Å². The molecule has 2 saturated heterocycles. The minimum atomic E-state index is -3.56. The van der Waals surface area contributed by atoms with Gasteiger partial charge in [-0.25, -0.2) is 16.8 Å². The van der Waals surface area contributed by atoms with Crippen LogP contribution in [-0.4, -0.2) is 88.7 Å². The van der Waals surface area contributed by atoms with Gasteiger partial charge in [0.2, 0.25) is 26.0 Å². The lowest BCUT2D eigenvalue weighted by Gasteiger charge is -2.18. The third-order valence-corrected chi connectivity index (χ3v) is 10.8. The first-order valence-electron chi connectivity index (χ1n) is 13.4. The van der Waals surface area contributed by atoms with Crippen molar-refractivity contribution in [2.45, 2.75) is 50.5 Å². The first kappa shape index (κ1) is 38.7. The monoisotopic (exact) mass is 650 g/mol. The maximum atomic E-state index is 12.3. The molecule has 2 aliphatic rings. The predicted octanol–water partition coefficient (Wildman–Crippen LogP) is 3.73. The van der Waals surface area contributed by atoms with Crippen molar-refractivity contribution in [3.63, 3.8) is 0 Å². The van der Waals surface area contributed by atoms with Gasteiger partial charge >= 0.3 is 0 Å². The van der Waals surface area contributed by atoms with E-state index in [0.29, 0.717) is 25.2 Å². The van der Waals surface area contributed by atoms with E-state index in [0.717, 1.165) is 12.1 Å². The second-order valence-corrected chi connectivity index (χ2v) is 14.2. The molecule has 0 spiro atoms. The van der Waals surface area contributed by atoms with Gasteiger partial charge in [0, 0.05) is 64.0 Å². The predicted molar refractivity (Wildman–Crippen MR) is 175 cm³/mol. The average Bonchev–Trinajstić information content (AvgIpc) is 3.49. The smallest absolute Gasteiger partial charge is 0.255 e. The zero-order chi connectivity index (χ0) is 31.2. The highest BCUT2D eigenvalue weighted by atomic mass is 32.2. The van der Waals surface area contributed by atoms with E-state index in [2.05, 4.69) is 13.2 Å². The minimum Gasteiger partial charge on any atom is -0.383 e. The summed E-state index contributed by atoms with van der Waals surface area (Å²) in [6, 6.07) is 12.5. The van der Waals surface area contributed by atoms with Gasteiger partial charge in [-0.1, -0.05) is 33.9 Å². The molecule has 2 heterocycles. The van der Waals surface area contributed by atoms with Crippen LogP contribution in [0.5, 0.6) is 0 Å². The van der Waals surface area contributed by atoms with Crippen molar-refractivity contribution in [1.29, 1.82) is 0 Å². The number of aliphatic hydroxyl groups excluding tert-OH is 1. The summed E-state index contributed by atoms with van der Waals surface area (Å²) in [5, 5.41) is 9.44. The highest BCUT2D eigenvalue weighted by Gasteiger charge is 2.31. The summed E-state index contributed by atoms with van der Waals surface area (Å²) in [6.07, 6.45) is 3.31. The molecule has 0 saturated carbocycles. The van der Waals surface area contributed by atoms with Crippen molar-refractivity contribution in [2.75, 3.05) is 50.1 Å². The van der Waals surface area contributed by atoms with Gasteiger partial charge in [-0.3, -0.25) is 9.59 Å². The van der Waals surface area contributed by atoms with Crippen molar-refractivity contribution in [3.05, 3.63) is 73.8 Å². The van der Waals surface area contributed by atoms with Gasteiger partial charge in [0.25, 0.3) is 5.91 Å². The number of benzene rings is 2. The molecule has 2 aromatic carbocycles. The molecule has 0 unspecified atom stereocenters. The Labute approximate surface area is 263 Å². The first-order valence-corrected chi connectivity index (χ1v) is 16.3. The molecule has 244 valence electrons. The van der Waals surface area contributed by atoms with Crippen LogP contribution in [0.15, 0.2) is 83.6 Å². The van der Waals surface area contributed by atoms with Crippen molar-refractivity contribution < 1.29 is 31.5 Å². The molecular weight excluding hydrogens is 604 g/mol. The summed E-state index contributed by atoms with van der Waals surface area (Å²) in [7, 11) is -4.08. The van der Waals surface area contributed by atoms with Crippen LogP contribution in [0.3, 0.4) is 0 Å². The first-order chi connectivity index (χ1) is 19.7. The van der Waals surface area contributed by atoms with Crippen LogP contribution in [0.25, 0.3) is 0 Å². The number of nitrogens with zero attached hydrogens (tertiary/aromatic N) is 4. The lowest BCUT2D eigenvalue weighted by Crippen LogP contribution is -2.29. The van der Waals surface area contributed by atoms with Crippen LogP contribution in [-0.2, 0) is 29.6 Å². The van der Waals surface area contributed by atoms with E-state index in [1.807, 2.05) is 6.92 Å². The lowest BCUT2D eigenvalue weighted by molar-refractivity contribution is -0.124.